The van der Waals surface area contributed by atoms with E-state index >= 15 is 0 Å². The van der Waals surface area contributed by atoms with E-state index in [1.807, 2.05) is 30.3 Å². The molecule has 5 nitrogen and oxygen atoms in total. The molecule has 120 valence electrons. The van der Waals surface area contributed by atoms with Crippen LogP contribution in [0.25, 0.3) is 17.1 Å². The Labute approximate surface area is 139 Å². The van der Waals surface area contributed by atoms with E-state index in [1.165, 1.54) is 11.1 Å². The van der Waals surface area contributed by atoms with Crippen molar-refractivity contribution < 1.29 is 9.90 Å². The van der Waals surface area contributed by atoms with E-state index in [-0.39, 0.29) is 5.56 Å². The lowest BCUT2D eigenvalue weighted by molar-refractivity contribution is 0.0697. The van der Waals surface area contributed by atoms with Crippen molar-refractivity contribution in [2.24, 2.45) is 0 Å². The fourth-order valence-corrected chi connectivity index (χ4v) is 3.49. The van der Waals surface area contributed by atoms with E-state index in [0.717, 1.165) is 24.8 Å². The van der Waals surface area contributed by atoms with Crippen molar-refractivity contribution in [2.75, 3.05) is 0 Å². The smallest absolute Gasteiger partial charge is 0.339 e. The van der Waals surface area contributed by atoms with Crippen molar-refractivity contribution in [3.63, 3.8) is 0 Å². The van der Waals surface area contributed by atoms with Crippen LogP contribution >= 0.6 is 0 Å². The molecule has 0 saturated carbocycles. The molecular weight excluding hydrogens is 302 g/mol. The first kappa shape index (κ1) is 14.6. The molecule has 0 fully saturated rings. The Morgan fingerprint density at radius 1 is 1.17 bits per heavy atom. The van der Waals surface area contributed by atoms with Crippen molar-refractivity contribution in [2.45, 2.75) is 26.2 Å². The Morgan fingerprint density at radius 2 is 2.04 bits per heavy atom. The van der Waals surface area contributed by atoms with Gasteiger partial charge in [-0.3, -0.25) is 0 Å². The first-order valence-electron chi connectivity index (χ1n) is 8.02. The minimum Gasteiger partial charge on any atom is -0.478 e. The monoisotopic (exact) mass is 319 g/mol. The van der Waals surface area contributed by atoms with Crippen LogP contribution in [-0.4, -0.2) is 25.8 Å². The van der Waals surface area contributed by atoms with Crippen LogP contribution in [0.5, 0.6) is 0 Å². The second kappa shape index (κ2) is 5.60. The molecule has 1 aliphatic carbocycles. The quantitative estimate of drug-likeness (QED) is 0.803. The van der Waals surface area contributed by atoms with Gasteiger partial charge in [-0.15, -0.1) is 0 Å². The molecule has 0 radical (unpaired) electrons. The number of fused-ring (bicyclic) bond motifs is 1. The molecule has 1 aliphatic rings. The van der Waals surface area contributed by atoms with Crippen LogP contribution in [0.3, 0.4) is 0 Å². The molecule has 0 unspecified atom stereocenters. The Morgan fingerprint density at radius 3 is 2.79 bits per heavy atom. The van der Waals surface area contributed by atoms with Gasteiger partial charge in [-0.05, 0) is 49.4 Å². The van der Waals surface area contributed by atoms with E-state index in [4.69, 9.17) is 0 Å². The molecule has 3 aromatic rings. The van der Waals surface area contributed by atoms with Gasteiger partial charge in [0.1, 0.15) is 11.3 Å². The molecule has 24 heavy (non-hydrogen) atoms. The molecule has 0 bridgehead atoms. The van der Waals surface area contributed by atoms with Gasteiger partial charge in [-0.25, -0.2) is 14.5 Å². The van der Waals surface area contributed by atoms with Crippen molar-refractivity contribution in [3.05, 3.63) is 65.0 Å². The highest BCUT2D eigenvalue weighted by atomic mass is 16.4. The Bertz CT molecular complexity index is 929. The van der Waals surface area contributed by atoms with Crippen molar-refractivity contribution >= 4 is 5.97 Å². The number of aromatic carboxylic acids is 1. The van der Waals surface area contributed by atoms with Crippen LogP contribution in [0.15, 0.2) is 42.6 Å². The van der Waals surface area contributed by atoms with E-state index < -0.39 is 5.97 Å². The van der Waals surface area contributed by atoms with E-state index in [1.54, 1.807) is 17.8 Å². The van der Waals surface area contributed by atoms with Gasteiger partial charge < -0.3 is 5.11 Å². The maximum Gasteiger partial charge on any atom is 0.339 e. The first-order chi connectivity index (χ1) is 11.7. The normalized spacial score (nSPS) is 13.0. The third kappa shape index (κ3) is 2.21. The molecule has 0 aliphatic heterocycles. The average molecular weight is 319 g/mol. The summed E-state index contributed by atoms with van der Waals surface area (Å²) in [6.45, 7) is 1.78. The molecule has 4 rings (SSSR count). The predicted octanol–water partition coefficient (Wildman–Crippen LogP) is 3.43. The summed E-state index contributed by atoms with van der Waals surface area (Å²) in [6, 6.07) is 11.6. The molecule has 2 heterocycles. The number of carbonyl (C=O) groups is 1. The summed E-state index contributed by atoms with van der Waals surface area (Å²) < 4.78 is 1.62. The van der Waals surface area contributed by atoms with Crippen LogP contribution in [0, 0.1) is 6.92 Å². The predicted molar refractivity (Wildman–Crippen MR) is 90.5 cm³/mol. The number of carboxylic acid groups (broad SMARTS) is 1. The molecular formula is C19H17N3O2. The summed E-state index contributed by atoms with van der Waals surface area (Å²) in [7, 11) is 0. The Kier molecular flexibility index (Phi) is 3.41. The van der Waals surface area contributed by atoms with Crippen LogP contribution in [-0.2, 0) is 12.8 Å². The highest BCUT2D eigenvalue weighted by Gasteiger charge is 2.26. The summed E-state index contributed by atoms with van der Waals surface area (Å²) in [5, 5.41) is 14.4. The van der Waals surface area contributed by atoms with Gasteiger partial charge in [0.25, 0.3) is 0 Å². The van der Waals surface area contributed by atoms with Crippen molar-refractivity contribution in [1.29, 1.82) is 0 Å². The largest absolute Gasteiger partial charge is 0.478 e. The first-order valence-corrected chi connectivity index (χ1v) is 8.02. The fourth-order valence-electron chi connectivity index (χ4n) is 3.49. The Balaban J connectivity index is 1.97. The zero-order valence-corrected chi connectivity index (χ0v) is 13.4. The van der Waals surface area contributed by atoms with Gasteiger partial charge in [-0.2, -0.15) is 5.10 Å². The lowest BCUT2D eigenvalue weighted by Gasteiger charge is -2.06. The fraction of sp³-hybridized carbons (Fsp3) is 0.211. The average Bonchev–Trinajstić information content (AvgIpc) is 3.19. The third-order valence-electron chi connectivity index (χ3n) is 4.60. The number of pyridine rings is 1. The Hall–Kier alpha value is -2.95. The summed E-state index contributed by atoms with van der Waals surface area (Å²) in [5.41, 5.74) is 4.83. The molecule has 5 heteroatoms. The number of rotatable bonds is 3. The van der Waals surface area contributed by atoms with Crippen LogP contribution in [0.4, 0.5) is 0 Å². The van der Waals surface area contributed by atoms with Crippen LogP contribution in [0.1, 0.15) is 33.6 Å². The minimum absolute atomic E-state index is 0.251. The molecule has 0 spiro atoms. The highest BCUT2D eigenvalue weighted by Crippen LogP contribution is 2.35. The van der Waals surface area contributed by atoms with Gasteiger partial charge in [0.2, 0.25) is 0 Å². The summed E-state index contributed by atoms with van der Waals surface area (Å²) in [4.78, 5) is 16.2. The van der Waals surface area contributed by atoms with Gasteiger partial charge in [0, 0.05) is 11.8 Å². The standard InChI is InChI=1S/C19H17N3O2/c1-12-17(19(23)24)18(21-22(12)16-10-2-3-11-20-16)15-9-5-7-13-6-4-8-14(13)15/h2-3,5,7,9-11H,4,6,8H2,1H3,(H,23,24). The van der Waals surface area contributed by atoms with Crippen molar-refractivity contribution in [3.8, 4) is 17.1 Å². The zero-order chi connectivity index (χ0) is 16.7. The summed E-state index contributed by atoms with van der Waals surface area (Å²) >= 11 is 0. The molecule has 1 aromatic carbocycles. The molecule has 1 N–H and O–H groups in total. The third-order valence-corrected chi connectivity index (χ3v) is 4.60. The zero-order valence-electron chi connectivity index (χ0n) is 13.4. The van der Waals surface area contributed by atoms with Crippen LogP contribution < -0.4 is 0 Å². The number of aryl methyl sites for hydroxylation is 1. The van der Waals surface area contributed by atoms with Gasteiger partial charge >= 0.3 is 5.97 Å². The lowest BCUT2D eigenvalue weighted by atomic mass is 9.98. The minimum atomic E-state index is -0.958. The van der Waals surface area contributed by atoms with Gasteiger partial charge in [0.05, 0.1) is 5.69 Å². The second-order valence-corrected chi connectivity index (χ2v) is 6.01. The molecule has 2 aromatic heterocycles. The van der Waals surface area contributed by atoms with E-state index in [2.05, 4.69) is 16.1 Å². The second-order valence-electron chi connectivity index (χ2n) is 6.01. The molecule has 0 atom stereocenters. The maximum atomic E-state index is 11.9. The maximum absolute atomic E-state index is 11.9. The van der Waals surface area contributed by atoms with Gasteiger partial charge in [-0.1, -0.05) is 24.3 Å². The molecule has 0 saturated heterocycles. The lowest BCUT2D eigenvalue weighted by Crippen LogP contribution is -2.03. The van der Waals surface area contributed by atoms with E-state index in [0.29, 0.717) is 17.2 Å². The summed E-state index contributed by atoms with van der Waals surface area (Å²) in [6.07, 6.45) is 4.80. The van der Waals surface area contributed by atoms with E-state index in [9.17, 15) is 9.90 Å². The number of carboxylic acids is 1. The number of hydrogen-bond acceptors (Lipinski definition) is 3. The number of nitrogens with zero attached hydrogens (tertiary/aromatic N) is 3. The topological polar surface area (TPSA) is 68.0 Å². The van der Waals surface area contributed by atoms with Gasteiger partial charge in [0.15, 0.2) is 5.82 Å². The number of hydrogen-bond donors (Lipinski definition) is 1. The number of benzene rings is 1. The number of aromatic nitrogens is 3. The van der Waals surface area contributed by atoms with Crippen molar-refractivity contribution in [1.82, 2.24) is 14.8 Å². The SMILES string of the molecule is Cc1c(C(=O)O)c(-c2cccc3c2CCC3)nn1-c1ccccn1. The van der Waals surface area contributed by atoms with Crippen LogP contribution in [0.2, 0.25) is 0 Å². The molecule has 0 amide bonds. The summed E-state index contributed by atoms with van der Waals surface area (Å²) in [5.74, 6) is -0.336. The highest BCUT2D eigenvalue weighted by molar-refractivity contribution is 5.97.